The number of benzene rings is 1. The van der Waals surface area contributed by atoms with E-state index in [9.17, 15) is 4.21 Å². The van der Waals surface area contributed by atoms with E-state index in [0.717, 1.165) is 33.2 Å². The van der Waals surface area contributed by atoms with E-state index in [1.54, 1.807) is 34.8 Å². The highest BCUT2D eigenvalue weighted by atomic mass is 35.5. The third-order valence-electron chi connectivity index (χ3n) is 5.05. The van der Waals surface area contributed by atoms with Crippen molar-refractivity contribution in [3.05, 3.63) is 96.3 Å². The summed E-state index contributed by atoms with van der Waals surface area (Å²) in [5, 5.41) is 1.28. The summed E-state index contributed by atoms with van der Waals surface area (Å²) in [6, 6.07) is 17.3. The Morgan fingerprint density at radius 1 is 0.903 bits per heavy atom. The van der Waals surface area contributed by atoms with Crippen LogP contribution in [0.25, 0.3) is 33.3 Å². The SMILES string of the molecule is Cc1ccc(S(=O)n2cc(-c3ccnc(Cl)c3)c3cc(-c4cccnc4)cnc32)cc1. The molecule has 0 aliphatic rings. The van der Waals surface area contributed by atoms with Gasteiger partial charge in [-0.2, -0.15) is 0 Å². The van der Waals surface area contributed by atoms with Gasteiger partial charge in [-0.05, 0) is 48.9 Å². The van der Waals surface area contributed by atoms with Gasteiger partial charge in [0.15, 0.2) is 16.6 Å². The third-order valence-corrected chi connectivity index (χ3v) is 6.56. The topological polar surface area (TPSA) is 60.7 Å². The Morgan fingerprint density at radius 2 is 1.74 bits per heavy atom. The van der Waals surface area contributed by atoms with Crippen LogP contribution in [0, 0.1) is 6.92 Å². The fraction of sp³-hybridized carbons (Fsp3) is 0.0417. The molecule has 1 atom stereocenters. The Bertz CT molecular complexity index is 1420. The Morgan fingerprint density at radius 3 is 2.48 bits per heavy atom. The van der Waals surface area contributed by atoms with Crippen LogP contribution in [0.2, 0.25) is 5.15 Å². The monoisotopic (exact) mass is 444 g/mol. The van der Waals surface area contributed by atoms with Crippen molar-refractivity contribution in [2.45, 2.75) is 11.8 Å². The van der Waals surface area contributed by atoms with Crippen LogP contribution in [0.4, 0.5) is 0 Å². The second kappa shape index (κ2) is 8.06. The fourth-order valence-corrected chi connectivity index (χ4v) is 4.74. The molecule has 0 aliphatic carbocycles. The molecule has 7 heteroatoms. The summed E-state index contributed by atoms with van der Waals surface area (Å²) < 4.78 is 15.1. The molecule has 4 heterocycles. The van der Waals surface area contributed by atoms with Crippen LogP contribution < -0.4 is 0 Å². The van der Waals surface area contributed by atoms with Crippen LogP contribution in [-0.4, -0.2) is 23.1 Å². The standard InChI is InChI=1S/C24H17ClN4OS/c1-16-4-6-20(7-5-16)31(30)29-15-22(17-8-10-27-23(25)12-17)21-11-19(14-28-24(21)29)18-3-2-9-26-13-18/h2-15H,1H3. The average molecular weight is 445 g/mol. The van der Waals surface area contributed by atoms with Crippen molar-refractivity contribution < 1.29 is 4.21 Å². The summed E-state index contributed by atoms with van der Waals surface area (Å²) in [4.78, 5) is 13.7. The molecule has 0 fully saturated rings. The van der Waals surface area contributed by atoms with E-state index >= 15 is 0 Å². The van der Waals surface area contributed by atoms with Gasteiger partial charge in [0, 0.05) is 53.1 Å². The molecule has 5 aromatic rings. The number of aryl methyl sites for hydroxylation is 1. The predicted octanol–water partition coefficient (Wildman–Crippen LogP) is 5.69. The quantitative estimate of drug-likeness (QED) is 0.334. The molecule has 31 heavy (non-hydrogen) atoms. The van der Waals surface area contributed by atoms with Gasteiger partial charge in [-0.25, -0.2) is 18.1 Å². The average Bonchev–Trinajstić information content (AvgIpc) is 3.18. The van der Waals surface area contributed by atoms with Crippen LogP contribution in [0.15, 0.2) is 90.5 Å². The lowest BCUT2D eigenvalue weighted by atomic mass is 10.0. The van der Waals surface area contributed by atoms with Crippen molar-refractivity contribution in [2.24, 2.45) is 0 Å². The highest BCUT2D eigenvalue weighted by Gasteiger charge is 2.18. The maximum Gasteiger partial charge on any atom is 0.158 e. The fourth-order valence-electron chi connectivity index (χ4n) is 3.47. The van der Waals surface area contributed by atoms with Crippen LogP contribution in [0.5, 0.6) is 0 Å². The lowest BCUT2D eigenvalue weighted by Gasteiger charge is -2.06. The Hall–Kier alpha value is -3.35. The number of aromatic nitrogens is 4. The first kappa shape index (κ1) is 19.6. The second-order valence-electron chi connectivity index (χ2n) is 7.13. The molecule has 0 spiro atoms. The molecule has 4 aromatic heterocycles. The van der Waals surface area contributed by atoms with Crippen LogP contribution in [0.1, 0.15) is 5.56 Å². The molecular weight excluding hydrogens is 428 g/mol. The first-order chi connectivity index (χ1) is 15.1. The van der Waals surface area contributed by atoms with Gasteiger partial charge in [-0.1, -0.05) is 35.4 Å². The predicted molar refractivity (Wildman–Crippen MR) is 124 cm³/mol. The third kappa shape index (κ3) is 3.76. The van der Waals surface area contributed by atoms with Crippen molar-refractivity contribution >= 4 is 33.6 Å². The number of nitrogens with zero attached hydrogens (tertiary/aromatic N) is 4. The number of fused-ring (bicyclic) bond motifs is 1. The number of rotatable bonds is 4. The number of pyridine rings is 3. The first-order valence-corrected chi connectivity index (χ1v) is 11.1. The highest BCUT2D eigenvalue weighted by Crippen LogP contribution is 2.34. The van der Waals surface area contributed by atoms with E-state index in [2.05, 4.69) is 15.0 Å². The molecule has 0 bridgehead atoms. The number of hydrogen-bond acceptors (Lipinski definition) is 4. The zero-order valence-corrected chi connectivity index (χ0v) is 18.1. The van der Waals surface area contributed by atoms with Gasteiger partial charge < -0.3 is 0 Å². The van der Waals surface area contributed by atoms with Crippen molar-refractivity contribution in [3.8, 4) is 22.3 Å². The van der Waals surface area contributed by atoms with Gasteiger partial charge in [0.25, 0.3) is 0 Å². The minimum absolute atomic E-state index is 0.398. The molecule has 0 N–H and O–H groups in total. The van der Waals surface area contributed by atoms with Gasteiger partial charge >= 0.3 is 0 Å². The van der Waals surface area contributed by atoms with Crippen molar-refractivity contribution in [2.75, 3.05) is 0 Å². The van der Waals surface area contributed by atoms with Crippen LogP contribution in [0.3, 0.4) is 0 Å². The maximum atomic E-state index is 13.4. The summed E-state index contributed by atoms with van der Waals surface area (Å²) in [5.74, 6) is 0. The molecular formula is C24H17ClN4OS. The van der Waals surface area contributed by atoms with E-state index in [0.29, 0.717) is 15.7 Å². The smallest absolute Gasteiger partial charge is 0.158 e. The molecule has 0 aliphatic heterocycles. The number of halogens is 1. The van der Waals surface area contributed by atoms with Gasteiger partial charge in [-0.15, -0.1) is 0 Å². The lowest BCUT2D eigenvalue weighted by Crippen LogP contribution is -2.04. The van der Waals surface area contributed by atoms with E-state index < -0.39 is 11.0 Å². The van der Waals surface area contributed by atoms with Crippen LogP contribution >= 0.6 is 11.6 Å². The largest absolute Gasteiger partial charge is 0.264 e. The molecule has 0 saturated carbocycles. The van der Waals surface area contributed by atoms with Crippen molar-refractivity contribution in [1.82, 2.24) is 18.9 Å². The zero-order valence-electron chi connectivity index (χ0n) is 16.6. The summed E-state index contributed by atoms with van der Waals surface area (Å²) in [7, 11) is -1.45. The second-order valence-corrected chi connectivity index (χ2v) is 8.89. The van der Waals surface area contributed by atoms with Gasteiger partial charge in [0.1, 0.15) is 5.15 Å². The minimum atomic E-state index is -1.45. The van der Waals surface area contributed by atoms with E-state index in [1.807, 2.05) is 61.7 Å². The normalized spacial score (nSPS) is 12.2. The van der Waals surface area contributed by atoms with E-state index in [1.165, 1.54) is 0 Å². The molecule has 1 unspecified atom stereocenters. The molecule has 5 rings (SSSR count). The summed E-state index contributed by atoms with van der Waals surface area (Å²) in [6.45, 7) is 2.00. The Labute approximate surface area is 187 Å². The van der Waals surface area contributed by atoms with E-state index in [4.69, 9.17) is 11.6 Å². The molecule has 5 nitrogen and oxygen atoms in total. The van der Waals surface area contributed by atoms with E-state index in [-0.39, 0.29) is 0 Å². The molecule has 152 valence electrons. The Balaban J connectivity index is 1.73. The molecule has 1 aromatic carbocycles. The summed E-state index contributed by atoms with van der Waals surface area (Å²) in [6.07, 6.45) is 8.85. The van der Waals surface area contributed by atoms with Crippen molar-refractivity contribution in [1.29, 1.82) is 0 Å². The zero-order chi connectivity index (χ0) is 21.4. The van der Waals surface area contributed by atoms with Gasteiger partial charge in [0.05, 0.1) is 4.90 Å². The number of hydrogen-bond donors (Lipinski definition) is 0. The van der Waals surface area contributed by atoms with Crippen molar-refractivity contribution in [3.63, 3.8) is 0 Å². The summed E-state index contributed by atoms with van der Waals surface area (Å²) in [5.41, 5.74) is 5.41. The van der Waals surface area contributed by atoms with Crippen LogP contribution in [-0.2, 0) is 11.0 Å². The van der Waals surface area contributed by atoms with Gasteiger partial charge in [0.2, 0.25) is 0 Å². The maximum absolute atomic E-state index is 13.4. The first-order valence-electron chi connectivity index (χ1n) is 9.62. The lowest BCUT2D eigenvalue weighted by molar-refractivity contribution is 0.678. The Kier molecular flexibility index (Phi) is 5.10. The summed E-state index contributed by atoms with van der Waals surface area (Å²) >= 11 is 6.15. The van der Waals surface area contributed by atoms with Gasteiger partial charge in [-0.3, -0.25) is 4.98 Å². The highest BCUT2D eigenvalue weighted by molar-refractivity contribution is 7.83. The molecule has 0 saturated heterocycles. The molecule has 0 amide bonds. The molecule has 0 radical (unpaired) electrons. The minimum Gasteiger partial charge on any atom is -0.264 e.